The van der Waals surface area contributed by atoms with Crippen LogP contribution in [0.4, 0.5) is 22.1 Å². The largest absolute Gasteiger partial charge is 0.871 e. The number of aryl methyl sites for hydroxylation is 1. The third-order valence-electron chi connectivity index (χ3n) is 11.6. The summed E-state index contributed by atoms with van der Waals surface area (Å²) in [6.45, 7) is 4.53. The van der Waals surface area contributed by atoms with Crippen molar-refractivity contribution in [1.82, 2.24) is 0 Å². The Morgan fingerprint density at radius 3 is 1.92 bits per heavy atom. The number of benzene rings is 3. The van der Waals surface area contributed by atoms with Crippen molar-refractivity contribution in [1.29, 1.82) is 0 Å². The highest BCUT2D eigenvalue weighted by Crippen LogP contribution is 2.45. The predicted octanol–water partition coefficient (Wildman–Crippen LogP) is 7.26. The fraction of sp³-hybridized carbons (Fsp3) is 0.300. The maximum absolute atomic E-state index is 14.4. The number of hydrogen-bond acceptors (Lipinski definition) is 13. The van der Waals surface area contributed by atoms with Crippen molar-refractivity contribution in [2.75, 3.05) is 51.1 Å². The Bertz CT molecular complexity index is 2590. The van der Waals surface area contributed by atoms with Crippen molar-refractivity contribution in [2.24, 2.45) is 0 Å². The van der Waals surface area contributed by atoms with Gasteiger partial charge in [-0.05, 0) is 109 Å². The van der Waals surface area contributed by atoms with Crippen LogP contribution in [-0.4, -0.2) is 98.0 Å². The Morgan fingerprint density at radius 1 is 0.688 bits per heavy atom. The van der Waals surface area contributed by atoms with Crippen molar-refractivity contribution in [3.8, 4) is 11.5 Å². The zero-order valence-corrected chi connectivity index (χ0v) is 36.4. The van der Waals surface area contributed by atoms with E-state index in [4.69, 9.17) is 33.2 Å². The molecule has 326 valence electrons. The molecule has 0 spiro atoms. The molecule has 14 heteroatoms. The molecule has 2 aliphatic carbocycles. The Hall–Kier alpha value is -5.58. The van der Waals surface area contributed by atoms with E-state index in [9.17, 15) is 14.7 Å². The number of carbonyl (C=O) groups is 2. The van der Waals surface area contributed by atoms with E-state index in [1.54, 1.807) is 12.1 Å². The zero-order valence-electron chi connectivity index (χ0n) is 34.7. The van der Waals surface area contributed by atoms with Gasteiger partial charge < -0.3 is 43.2 Å². The number of Topliss-reactive ketones (excluding diaryl/α,β-unsaturated/α-hetero) is 2. The molecule has 0 amide bonds. The van der Waals surface area contributed by atoms with Crippen molar-refractivity contribution < 1.29 is 52.4 Å². The predicted molar refractivity (Wildman–Crippen MR) is 241 cm³/mol. The topological polar surface area (TPSA) is 141 Å². The van der Waals surface area contributed by atoms with E-state index in [-0.39, 0.29) is 35.6 Å². The molecule has 0 N–H and O–H groups in total. The lowest BCUT2D eigenvalue weighted by atomic mass is 10.1. The third kappa shape index (κ3) is 9.31. The summed E-state index contributed by atoms with van der Waals surface area (Å²) in [6, 6.07) is 27.6. The molecule has 11 rings (SSSR count). The molecule has 0 radical (unpaired) electrons. The molecule has 5 unspecified atom stereocenters. The molecule has 5 atom stereocenters. The van der Waals surface area contributed by atoms with E-state index < -0.39 is 17.3 Å². The van der Waals surface area contributed by atoms with E-state index in [2.05, 4.69) is 39.8 Å². The van der Waals surface area contributed by atoms with Gasteiger partial charge >= 0.3 is 0 Å². The van der Waals surface area contributed by atoms with E-state index in [0.29, 0.717) is 55.3 Å². The van der Waals surface area contributed by atoms with E-state index >= 15 is 0 Å². The number of hydrogen-bond donors (Lipinski definition) is 0. The van der Waals surface area contributed by atoms with Gasteiger partial charge in [0, 0.05) is 63.0 Å². The second-order valence-corrected chi connectivity index (χ2v) is 18.5. The number of allylic oxidation sites excluding steroid dienone is 4. The van der Waals surface area contributed by atoms with Crippen LogP contribution in [0.15, 0.2) is 137 Å². The van der Waals surface area contributed by atoms with Crippen LogP contribution >= 0.6 is 23.1 Å². The average molecular weight is 897 g/mol. The van der Waals surface area contributed by atoms with Crippen molar-refractivity contribution in [3.63, 3.8) is 0 Å². The molecule has 6 heterocycles. The van der Waals surface area contributed by atoms with E-state index in [1.165, 1.54) is 28.7 Å². The fourth-order valence-corrected chi connectivity index (χ4v) is 9.89. The number of nitrogens with zero attached hydrogens (tertiary/aromatic N) is 2. The first-order valence-corrected chi connectivity index (χ1v) is 23.2. The summed E-state index contributed by atoms with van der Waals surface area (Å²) in [4.78, 5) is 30.7. The van der Waals surface area contributed by atoms with Gasteiger partial charge in [-0.15, -0.1) is 15.9 Å². The molecule has 4 saturated heterocycles. The molecule has 5 aliphatic heterocycles. The molecule has 12 nitrogen and oxygen atoms in total. The minimum atomic E-state index is -0.802. The standard InChI is InChI=1S/C50H44N2O10S2/c53-48-46(42-19-21-44(63-42)51(31-4-1-30(2-5-31)3-12-38-23-59-38)32-6-13-35(14-7-32)56-24-39-27-60-39)49(54)50(55)47(48)43-20-22-45(64-43)52(33-8-15-36(16-9-33)57-25-40-28-61-40)34-10-17-37(18-11-34)58-26-41-29-62-41/h1-2,4-11,13-17,19-22,37-41H,3,12,18,23-29H2. The number of ether oxygens (including phenoxy) is 7. The molecule has 0 bridgehead atoms. The number of rotatable bonds is 18. The molecule has 7 aliphatic rings. The van der Waals surface area contributed by atoms with Gasteiger partial charge in [0.1, 0.15) is 48.0 Å². The molecule has 4 fully saturated rings. The quantitative estimate of drug-likeness (QED) is 0.0430. The highest BCUT2D eigenvalue weighted by molar-refractivity contribution is 8.18. The van der Waals surface area contributed by atoms with Crippen molar-refractivity contribution >= 4 is 67.3 Å². The first-order chi connectivity index (χ1) is 31.4. The summed E-state index contributed by atoms with van der Waals surface area (Å²) in [5, 5.41) is 15.9. The minimum Gasteiger partial charge on any atom is -0.871 e. The Balaban J connectivity index is 0.886. The summed E-state index contributed by atoms with van der Waals surface area (Å²) in [6.07, 6.45) is 13.1. The SMILES string of the molecule is O=C1C(=O)/C(=C2/C=CC(=[N+](C3=CCC(OCC4CO4)C=C3)c3ccc(OCC4CO4)cc3)S2)C([O-])=C1c1ccc(N(c2ccc(CCC3CO3)cc2)c2ccc(OCC3CO3)cc2)s1. The monoisotopic (exact) mass is 896 g/mol. The Morgan fingerprint density at radius 2 is 1.30 bits per heavy atom. The normalized spacial score (nSPS) is 26.1. The van der Waals surface area contributed by atoms with Gasteiger partial charge in [-0.2, -0.15) is 0 Å². The van der Waals surface area contributed by atoms with Crippen LogP contribution in [0.5, 0.6) is 11.5 Å². The summed E-state index contributed by atoms with van der Waals surface area (Å²) in [5.41, 5.74) is 4.52. The zero-order chi connectivity index (χ0) is 43.1. The summed E-state index contributed by atoms with van der Waals surface area (Å²) >= 11 is 2.58. The third-order valence-corrected chi connectivity index (χ3v) is 13.8. The average Bonchev–Trinajstić information content (AvgIpc) is 4.13. The summed E-state index contributed by atoms with van der Waals surface area (Å²) in [7, 11) is 0. The van der Waals surface area contributed by atoms with E-state index in [1.807, 2.05) is 72.8 Å². The molecular formula is C50H44N2O10S2. The first kappa shape index (κ1) is 41.1. The number of ketones is 2. The number of thiophene rings is 1. The van der Waals surface area contributed by atoms with Crippen LogP contribution in [0.25, 0.3) is 5.57 Å². The van der Waals surface area contributed by atoms with Gasteiger partial charge in [0.05, 0.1) is 45.2 Å². The fourth-order valence-electron chi connectivity index (χ4n) is 7.72. The minimum absolute atomic E-state index is 0.0750. The lowest BCUT2D eigenvalue weighted by Gasteiger charge is -2.24. The van der Waals surface area contributed by atoms with Gasteiger partial charge in [-0.25, -0.2) is 0 Å². The molecule has 3 aromatic carbocycles. The second-order valence-electron chi connectivity index (χ2n) is 16.4. The highest BCUT2D eigenvalue weighted by atomic mass is 32.2. The second kappa shape index (κ2) is 17.8. The molecular weight excluding hydrogens is 853 g/mol. The number of carbonyl (C=O) groups excluding carboxylic acids is 2. The van der Waals surface area contributed by atoms with Gasteiger partial charge in [0.25, 0.3) is 5.04 Å². The van der Waals surface area contributed by atoms with Gasteiger partial charge in [0.15, 0.2) is 0 Å². The van der Waals surface area contributed by atoms with Crippen LogP contribution in [-0.2, 0) is 39.7 Å². The van der Waals surface area contributed by atoms with Crippen molar-refractivity contribution in [2.45, 2.75) is 49.8 Å². The van der Waals surface area contributed by atoms with Gasteiger partial charge in [-0.1, -0.05) is 17.9 Å². The Kier molecular flexibility index (Phi) is 11.4. The maximum Gasteiger partial charge on any atom is 0.251 e. The van der Waals surface area contributed by atoms with Gasteiger partial charge in [0.2, 0.25) is 23.0 Å². The molecule has 0 saturated carbocycles. The Labute approximate surface area is 378 Å². The number of epoxide rings is 4. The summed E-state index contributed by atoms with van der Waals surface area (Å²) < 4.78 is 41.3. The van der Waals surface area contributed by atoms with E-state index in [0.717, 1.165) is 70.4 Å². The lowest BCUT2D eigenvalue weighted by molar-refractivity contribution is -0.374. The molecule has 64 heavy (non-hydrogen) atoms. The van der Waals surface area contributed by atoms with Crippen molar-refractivity contribution in [3.05, 3.63) is 148 Å². The number of thioether (sulfide) groups is 1. The number of anilines is 3. The van der Waals surface area contributed by atoms with Gasteiger partial charge in [-0.3, -0.25) is 9.59 Å². The van der Waals surface area contributed by atoms with Crippen LogP contribution in [0, 0.1) is 0 Å². The van der Waals surface area contributed by atoms with Crippen LogP contribution in [0.2, 0.25) is 0 Å². The highest BCUT2D eigenvalue weighted by Gasteiger charge is 2.38. The lowest BCUT2D eigenvalue weighted by Crippen LogP contribution is -2.18. The van der Waals surface area contributed by atoms with Crippen LogP contribution in [0.1, 0.15) is 23.3 Å². The van der Waals surface area contributed by atoms with Crippen LogP contribution < -0.4 is 19.5 Å². The maximum atomic E-state index is 14.4. The smallest absolute Gasteiger partial charge is 0.251 e. The summed E-state index contributed by atoms with van der Waals surface area (Å²) in [5.74, 6) is -0.716. The molecule has 4 aromatic rings. The first-order valence-electron chi connectivity index (χ1n) is 21.6. The van der Waals surface area contributed by atoms with Crippen LogP contribution in [0.3, 0.4) is 0 Å². The molecule has 1 aromatic heterocycles.